The number of hydrogen-bond donors (Lipinski definition) is 1. The fraction of sp³-hybridized carbons (Fsp3) is 0.444. The fourth-order valence-electron chi connectivity index (χ4n) is 2.42. The third-order valence-corrected chi connectivity index (χ3v) is 3.95. The van der Waals surface area contributed by atoms with Crippen LogP contribution in [-0.2, 0) is 9.53 Å². The maximum absolute atomic E-state index is 11.6. The second-order valence-corrected chi connectivity index (χ2v) is 6.01. The molecule has 1 aromatic carbocycles. The van der Waals surface area contributed by atoms with E-state index in [1.807, 2.05) is 12.1 Å². The molecule has 1 amide bonds. The molecule has 0 aromatic heterocycles. The summed E-state index contributed by atoms with van der Waals surface area (Å²) >= 11 is 4.82. The molecule has 4 nitrogen and oxygen atoms in total. The standard InChI is InChI=1S/C18H24N2O2S/c1-3-5-11-20(12-6-4-2)15-9-7-14(8-10-15)13-16-17(21)19-18(23)22-16/h7-10,13H,3-6,11-12H2,1-2H3,(H,19,21,23). The molecule has 0 bridgehead atoms. The molecular formula is C18H24N2O2S. The van der Waals surface area contributed by atoms with Crippen LogP contribution < -0.4 is 10.2 Å². The van der Waals surface area contributed by atoms with Crippen molar-refractivity contribution in [1.82, 2.24) is 5.32 Å². The van der Waals surface area contributed by atoms with Gasteiger partial charge in [0.2, 0.25) is 0 Å². The highest BCUT2D eigenvalue weighted by Crippen LogP contribution is 2.19. The quantitative estimate of drug-likeness (QED) is 0.580. The monoisotopic (exact) mass is 332 g/mol. The number of unbranched alkanes of at least 4 members (excludes halogenated alkanes) is 2. The number of nitrogens with one attached hydrogen (secondary N) is 1. The molecule has 1 saturated heterocycles. The third-order valence-electron chi connectivity index (χ3n) is 3.76. The number of carbonyl (C=O) groups is 1. The van der Waals surface area contributed by atoms with Crippen molar-refractivity contribution in [2.45, 2.75) is 39.5 Å². The van der Waals surface area contributed by atoms with Gasteiger partial charge in [-0.15, -0.1) is 0 Å². The van der Waals surface area contributed by atoms with E-state index in [4.69, 9.17) is 17.0 Å². The van der Waals surface area contributed by atoms with E-state index in [0.717, 1.165) is 18.7 Å². The number of hydrogen-bond acceptors (Lipinski definition) is 4. The minimum Gasteiger partial charge on any atom is -0.426 e. The van der Waals surface area contributed by atoms with Crippen molar-refractivity contribution in [3.05, 3.63) is 35.6 Å². The maximum atomic E-state index is 11.6. The first-order chi connectivity index (χ1) is 11.1. The van der Waals surface area contributed by atoms with Gasteiger partial charge in [0.25, 0.3) is 11.1 Å². The van der Waals surface area contributed by atoms with E-state index in [9.17, 15) is 4.79 Å². The summed E-state index contributed by atoms with van der Waals surface area (Å²) in [4.78, 5) is 14.0. The Hall–Kier alpha value is -1.88. The Bertz CT molecular complexity index is 573. The summed E-state index contributed by atoms with van der Waals surface area (Å²) in [7, 11) is 0. The Kier molecular flexibility index (Phi) is 6.59. The summed E-state index contributed by atoms with van der Waals surface area (Å²) < 4.78 is 5.18. The molecule has 0 radical (unpaired) electrons. The average molecular weight is 332 g/mol. The van der Waals surface area contributed by atoms with Gasteiger partial charge in [-0.05, 0) is 48.8 Å². The van der Waals surface area contributed by atoms with Crippen molar-refractivity contribution in [2.75, 3.05) is 18.0 Å². The van der Waals surface area contributed by atoms with Gasteiger partial charge in [-0.3, -0.25) is 10.1 Å². The van der Waals surface area contributed by atoms with Gasteiger partial charge in [0.15, 0.2) is 5.76 Å². The maximum Gasteiger partial charge on any atom is 0.294 e. The van der Waals surface area contributed by atoms with Crippen molar-refractivity contribution < 1.29 is 9.53 Å². The molecule has 0 saturated carbocycles. The minimum absolute atomic E-state index is 0.114. The molecule has 1 heterocycles. The minimum atomic E-state index is -0.286. The molecule has 124 valence electrons. The molecule has 1 fully saturated rings. The number of carbonyl (C=O) groups excluding carboxylic acids is 1. The van der Waals surface area contributed by atoms with E-state index >= 15 is 0 Å². The van der Waals surface area contributed by atoms with Gasteiger partial charge in [0.1, 0.15) is 0 Å². The smallest absolute Gasteiger partial charge is 0.294 e. The molecule has 1 aromatic rings. The first-order valence-corrected chi connectivity index (χ1v) is 8.64. The molecule has 0 atom stereocenters. The second kappa shape index (κ2) is 8.67. The molecule has 5 heteroatoms. The van der Waals surface area contributed by atoms with Gasteiger partial charge in [0, 0.05) is 18.8 Å². The van der Waals surface area contributed by atoms with Crippen molar-refractivity contribution in [3.63, 3.8) is 0 Å². The Morgan fingerprint density at radius 1 is 1.13 bits per heavy atom. The second-order valence-electron chi connectivity index (χ2n) is 5.64. The van der Waals surface area contributed by atoms with Gasteiger partial charge in [-0.2, -0.15) is 0 Å². The summed E-state index contributed by atoms with van der Waals surface area (Å²) in [5.74, 6) is -0.0387. The molecule has 23 heavy (non-hydrogen) atoms. The Labute approximate surface area is 143 Å². The molecular weight excluding hydrogens is 308 g/mol. The number of ether oxygens (including phenoxy) is 1. The summed E-state index contributed by atoms with van der Waals surface area (Å²) in [5.41, 5.74) is 2.15. The fourth-order valence-corrected chi connectivity index (χ4v) is 2.60. The summed E-state index contributed by atoms with van der Waals surface area (Å²) in [6.45, 7) is 6.59. The van der Waals surface area contributed by atoms with E-state index in [2.05, 4.69) is 36.2 Å². The van der Waals surface area contributed by atoms with Crippen LogP contribution in [0.1, 0.15) is 45.1 Å². The van der Waals surface area contributed by atoms with Crippen LogP contribution in [0, 0.1) is 0 Å². The number of rotatable bonds is 8. The zero-order chi connectivity index (χ0) is 16.7. The van der Waals surface area contributed by atoms with E-state index in [1.54, 1.807) is 6.08 Å². The van der Waals surface area contributed by atoms with Crippen LogP contribution >= 0.6 is 12.2 Å². The van der Waals surface area contributed by atoms with E-state index in [-0.39, 0.29) is 16.8 Å². The van der Waals surface area contributed by atoms with Crippen molar-refractivity contribution in [1.29, 1.82) is 0 Å². The van der Waals surface area contributed by atoms with Crippen LogP contribution in [0.25, 0.3) is 6.08 Å². The highest BCUT2D eigenvalue weighted by atomic mass is 32.1. The summed E-state index contributed by atoms with van der Waals surface area (Å²) in [6.07, 6.45) is 6.49. The molecule has 1 N–H and O–H groups in total. The van der Waals surface area contributed by atoms with E-state index in [0.29, 0.717) is 0 Å². The molecule has 2 rings (SSSR count). The first-order valence-electron chi connectivity index (χ1n) is 8.24. The number of anilines is 1. The van der Waals surface area contributed by atoms with Crippen LogP contribution in [0.2, 0.25) is 0 Å². The topological polar surface area (TPSA) is 41.6 Å². The zero-order valence-corrected chi connectivity index (χ0v) is 14.6. The summed E-state index contributed by atoms with van der Waals surface area (Å²) in [5, 5.41) is 2.57. The largest absolute Gasteiger partial charge is 0.426 e. The van der Waals surface area contributed by atoms with Gasteiger partial charge in [0.05, 0.1) is 0 Å². The highest BCUT2D eigenvalue weighted by Gasteiger charge is 2.22. The Morgan fingerprint density at radius 3 is 2.22 bits per heavy atom. The third kappa shape index (κ3) is 5.06. The van der Waals surface area contributed by atoms with E-state index in [1.165, 1.54) is 31.4 Å². The van der Waals surface area contributed by atoms with Crippen LogP contribution in [0.4, 0.5) is 5.69 Å². The normalized spacial score (nSPS) is 15.7. The number of nitrogens with zero attached hydrogens (tertiary/aromatic N) is 1. The number of benzene rings is 1. The van der Waals surface area contributed by atoms with Crippen LogP contribution in [-0.4, -0.2) is 24.2 Å². The predicted octanol–water partition coefficient (Wildman–Crippen LogP) is 3.87. The van der Waals surface area contributed by atoms with Crippen LogP contribution in [0.3, 0.4) is 0 Å². The Balaban J connectivity index is 2.08. The van der Waals surface area contributed by atoms with Gasteiger partial charge >= 0.3 is 0 Å². The van der Waals surface area contributed by atoms with Gasteiger partial charge in [-0.1, -0.05) is 38.8 Å². The van der Waals surface area contributed by atoms with Gasteiger partial charge < -0.3 is 9.64 Å². The molecule has 0 spiro atoms. The highest BCUT2D eigenvalue weighted by molar-refractivity contribution is 7.80. The van der Waals surface area contributed by atoms with Crippen LogP contribution in [0.5, 0.6) is 0 Å². The lowest BCUT2D eigenvalue weighted by Gasteiger charge is -2.24. The zero-order valence-electron chi connectivity index (χ0n) is 13.8. The lowest BCUT2D eigenvalue weighted by atomic mass is 10.1. The van der Waals surface area contributed by atoms with Crippen molar-refractivity contribution in [3.8, 4) is 0 Å². The molecule has 0 aliphatic carbocycles. The Morgan fingerprint density at radius 2 is 1.74 bits per heavy atom. The van der Waals surface area contributed by atoms with Crippen molar-refractivity contribution in [2.24, 2.45) is 0 Å². The predicted molar refractivity (Wildman–Crippen MR) is 98.3 cm³/mol. The number of thiocarbonyl (C=S) groups is 1. The lowest BCUT2D eigenvalue weighted by molar-refractivity contribution is -0.116. The average Bonchev–Trinajstić information content (AvgIpc) is 2.86. The SMILES string of the molecule is CCCCN(CCCC)c1ccc(C=C2OC(=S)NC2=O)cc1. The summed E-state index contributed by atoms with van der Waals surface area (Å²) in [6, 6.07) is 8.21. The molecule has 1 aliphatic rings. The van der Waals surface area contributed by atoms with Crippen molar-refractivity contribution >= 4 is 35.1 Å². The van der Waals surface area contributed by atoms with Gasteiger partial charge in [-0.25, -0.2) is 0 Å². The first kappa shape index (κ1) is 17.5. The lowest BCUT2D eigenvalue weighted by Crippen LogP contribution is -2.25. The molecule has 0 unspecified atom stereocenters. The van der Waals surface area contributed by atoms with E-state index < -0.39 is 0 Å². The van der Waals surface area contributed by atoms with Crippen LogP contribution in [0.15, 0.2) is 30.0 Å². The number of amides is 1. The molecule has 1 aliphatic heterocycles.